The third-order valence-electron chi connectivity index (χ3n) is 3.77. The Balaban J connectivity index is 2.01. The van der Waals surface area contributed by atoms with Crippen LogP contribution in [-0.4, -0.2) is 15.3 Å². The molecule has 1 fully saturated rings. The highest BCUT2D eigenvalue weighted by molar-refractivity contribution is 5.56. The van der Waals surface area contributed by atoms with E-state index in [1.54, 1.807) is 6.07 Å². The van der Waals surface area contributed by atoms with Crippen LogP contribution in [0.4, 0.5) is 18.9 Å². The molecule has 2 heterocycles. The molecule has 2 N–H and O–H groups in total. The summed E-state index contributed by atoms with van der Waals surface area (Å²) < 4.78 is 41.2. The van der Waals surface area contributed by atoms with E-state index < -0.39 is 11.9 Å². The molecule has 6 heteroatoms. The van der Waals surface area contributed by atoms with E-state index >= 15 is 0 Å². The highest BCUT2D eigenvalue weighted by atomic mass is 19.3. The molecular weight excluding hydrogens is 255 g/mol. The summed E-state index contributed by atoms with van der Waals surface area (Å²) in [7, 11) is 0. The Morgan fingerprint density at radius 1 is 1.32 bits per heavy atom. The van der Waals surface area contributed by atoms with Crippen LogP contribution in [0.5, 0.6) is 0 Å². The van der Waals surface area contributed by atoms with Crippen LogP contribution in [0.3, 0.4) is 0 Å². The number of rotatable bonds is 1. The lowest BCUT2D eigenvalue weighted by Gasteiger charge is -2.28. The molecular formula is C13H14F3N3. The van der Waals surface area contributed by atoms with Crippen LogP contribution in [0.2, 0.25) is 0 Å². The van der Waals surface area contributed by atoms with Gasteiger partial charge in [0.15, 0.2) is 0 Å². The largest absolute Gasteiger partial charge is 0.398 e. The molecule has 0 amide bonds. The average molecular weight is 269 g/mol. The molecule has 2 aromatic heterocycles. The molecule has 0 bridgehead atoms. The lowest BCUT2D eigenvalue weighted by atomic mass is 9.82. The van der Waals surface area contributed by atoms with E-state index in [0.717, 1.165) is 11.8 Å². The maximum Gasteiger partial charge on any atom is 0.248 e. The third-order valence-corrected chi connectivity index (χ3v) is 3.77. The zero-order valence-electron chi connectivity index (χ0n) is 10.2. The first kappa shape index (κ1) is 12.3. The Morgan fingerprint density at radius 2 is 2.00 bits per heavy atom. The maximum absolute atomic E-state index is 13.5. The van der Waals surface area contributed by atoms with Crippen molar-refractivity contribution >= 4 is 11.3 Å². The van der Waals surface area contributed by atoms with Gasteiger partial charge < -0.3 is 5.73 Å². The molecule has 1 saturated carbocycles. The monoisotopic (exact) mass is 269 g/mol. The first-order valence-electron chi connectivity index (χ1n) is 6.26. The van der Waals surface area contributed by atoms with Crippen molar-refractivity contribution in [1.29, 1.82) is 0 Å². The van der Waals surface area contributed by atoms with E-state index in [0.29, 0.717) is 24.2 Å². The minimum absolute atomic E-state index is 0.0348. The second-order valence-electron chi connectivity index (χ2n) is 5.13. The van der Waals surface area contributed by atoms with Gasteiger partial charge in [0.2, 0.25) is 11.9 Å². The average Bonchev–Trinajstić information content (AvgIpc) is 2.71. The fourth-order valence-corrected chi connectivity index (χ4v) is 2.76. The van der Waals surface area contributed by atoms with Crippen molar-refractivity contribution in [2.45, 2.75) is 37.5 Å². The highest BCUT2D eigenvalue weighted by Crippen LogP contribution is 2.42. The second-order valence-corrected chi connectivity index (χ2v) is 5.13. The van der Waals surface area contributed by atoms with Crippen LogP contribution < -0.4 is 5.73 Å². The Labute approximate surface area is 108 Å². The molecule has 3 rings (SSSR count). The standard InChI is InChI=1S/C13H14F3N3/c14-11-6-18-12-10(5-9(17)7-19(11)12)8-1-3-13(15,16)4-2-8/h5-8H,1-4,17H2. The SMILES string of the molecule is Nc1cc(C2CCC(F)(F)CC2)c2ncc(F)n2c1. The molecule has 1 aliphatic carbocycles. The van der Waals surface area contributed by atoms with Gasteiger partial charge in [0.25, 0.3) is 0 Å². The normalized spacial score (nSPS) is 19.9. The Morgan fingerprint density at radius 3 is 2.68 bits per heavy atom. The Hall–Kier alpha value is -1.72. The van der Waals surface area contributed by atoms with E-state index in [-0.39, 0.29) is 18.8 Å². The molecule has 19 heavy (non-hydrogen) atoms. The van der Waals surface area contributed by atoms with Crippen molar-refractivity contribution in [3.8, 4) is 0 Å². The molecule has 0 unspecified atom stereocenters. The van der Waals surface area contributed by atoms with Crippen LogP contribution in [-0.2, 0) is 0 Å². The van der Waals surface area contributed by atoms with Gasteiger partial charge in [-0.2, -0.15) is 4.39 Å². The quantitative estimate of drug-likeness (QED) is 0.862. The Kier molecular flexibility index (Phi) is 2.69. The van der Waals surface area contributed by atoms with Crippen molar-refractivity contribution in [2.24, 2.45) is 0 Å². The summed E-state index contributed by atoms with van der Waals surface area (Å²) in [6.07, 6.45) is 3.05. The number of fused-ring (bicyclic) bond motifs is 1. The summed E-state index contributed by atoms with van der Waals surface area (Å²) >= 11 is 0. The molecule has 0 aromatic carbocycles. The summed E-state index contributed by atoms with van der Waals surface area (Å²) in [5.74, 6) is -3.11. The van der Waals surface area contributed by atoms with Crippen LogP contribution in [0.25, 0.3) is 5.65 Å². The second kappa shape index (κ2) is 4.15. The van der Waals surface area contributed by atoms with Gasteiger partial charge in [-0.3, -0.25) is 4.40 Å². The number of imidazole rings is 1. The summed E-state index contributed by atoms with van der Waals surface area (Å²) in [5, 5.41) is 0. The lowest BCUT2D eigenvalue weighted by molar-refractivity contribution is -0.0381. The number of anilines is 1. The van der Waals surface area contributed by atoms with Crippen molar-refractivity contribution < 1.29 is 13.2 Å². The summed E-state index contributed by atoms with van der Waals surface area (Å²) in [5.41, 5.74) is 7.40. The summed E-state index contributed by atoms with van der Waals surface area (Å²) in [4.78, 5) is 4.02. The molecule has 0 aliphatic heterocycles. The number of aromatic nitrogens is 2. The highest BCUT2D eigenvalue weighted by Gasteiger charge is 2.36. The van der Waals surface area contributed by atoms with Gasteiger partial charge in [-0.1, -0.05) is 0 Å². The molecule has 102 valence electrons. The molecule has 0 saturated heterocycles. The first-order valence-corrected chi connectivity index (χ1v) is 6.26. The minimum atomic E-state index is -2.58. The molecule has 0 spiro atoms. The number of hydrogen-bond acceptors (Lipinski definition) is 2. The van der Waals surface area contributed by atoms with Crippen LogP contribution in [0.1, 0.15) is 37.2 Å². The number of nitrogens with zero attached hydrogens (tertiary/aromatic N) is 2. The van der Waals surface area contributed by atoms with Crippen LogP contribution in [0, 0.1) is 5.95 Å². The fraction of sp³-hybridized carbons (Fsp3) is 0.462. The van der Waals surface area contributed by atoms with Gasteiger partial charge in [0.05, 0.1) is 6.20 Å². The van der Waals surface area contributed by atoms with E-state index in [1.807, 2.05) is 0 Å². The minimum Gasteiger partial charge on any atom is -0.398 e. The topological polar surface area (TPSA) is 43.3 Å². The number of nitrogen functional groups attached to an aromatic ring is 1. The van der Waals surface area contributed by atoms with Gasteiger partial charge >= 0.3 is 0 Å². The van der Waals surface area contributed by atoms with Gasteiger partial charge in [-0.05, 0) is 24.8 Å². The van der Waals surface area contributed by atoms with Crippen LogP contribution in [0.15, 0.2) is 18.5 Å². The molecule has 2 aromatic rings. The zero-order valence-corrected chi connectivity index (χ0v) is 10.2. The van der Waals surface area contributed by atoms with Crippen LogP contribution >= 0.6 is 0 Å². The van der Waals surface area contributed by atoms with Gasteiger partial charge in [-0.15, -0.1) is 0 Å². The maximum atomic E-state index is 13.5. The predicted octanol–water partition coefficient (Wildman–Crippen LogP) is 3.35. The zero-order chi connectivity index (χ0) is 13.6. The van der Waals surface area contributed by atoms with Crippen molar-refractivity contribution in [3.63, 3.8) is 0 Å². The first-order chi connectivity index (χ1) is 8.96. The molecule has 0 radical (unpaired) electrons. The third kappa shape index (κ3) is 2.15. The predicted molar refractivity (Wildman–Crippen MR) is 65.7 cm³/mol. The van der Waals surface area contributed by atoms with Crippen molar-refractivity contribution in [2.75, 3.05) is 5.73 Å². The summed E-state index contributed by atoms with van der Waals surface area (Å²) in [6.45, 7) is 0. The van der Waals surface area contributed by atoms with E-state index in [1.165, 1.54) is 10.6 Å². The molecule has 1 aliphatic rings. The lowest BCUT2D eigenvalue weighted by Crippen LogP contribution is -2.24. The number of nitrogens with two attached hydrogens (primary N) is 1. The Bertz CT molecular complexity index is 611. The smallest absolute Gasteiger partial charge is 0.248 e. The van der Waals surface area contributed by atoms with E-state index in [9.17, 15) is 13.2 Å². The molecule has 0 atom stereocenters. The van der Waals surface area contributed by atoms with E-state index in [4.69, 9.17) is 5.73 Å². The fourth-order valence-electron chi connectivity index (χ4n) is 2.76. The van der Waals surface area contributed by atoms with E-state index in [2.05, 4.69) is 4.98 Å². The van der Waals surface area contributed by atoms with Gasteiger partial charge in [0, 0.05) is 30.3 Å². The number of alkyl halides is 2. The summed E-state index contributed by atoms with van der Waals surface area (Å²) in [6, 6.07) is 1.72. The number of pyridine rings is 1. The molecule has 3 nitrogen and oxygen atoms in total. The van der Waals surface area contributed by atoms with Gasteiger partial charge in [-0.25, -0.2) is 13.8 Å². The number of halogens is 3. The number of hydrogen-bond donors (Lipinski definition) is 1. The van der Waals surface area contributed by atoms with Crippen molar-refractivity contribution in [1.82, 2.24) is 9.38 Å². The van der Waals surface area contributed by atoms with Gasteiger partial charge in [0.1, 0.15) is 5.65 Å². The van der Waals surface area contributed by atoms with Crippen molar-refractivity contribution in [3.05, 3.63) is 30.0 Å².